The van der Waals surface area contributed by atoms with Gasteiger partial charge in [-0.25, -0.2) is 0 Å². The first kappa shape index (κ1) is 13.8. The van der Waals surface area contributed by atoms with Gasteiger partial charge in [-0.2, -0.15) is 5.10 Å². The lowest BCUT2D eigenvalue weighted by Gasteiger charge is -2.19. The van der Waals surface area contributed by atoms with Gasteiger partial charge in [0.25, 0.3) is 0 Å². The highest BCUT2D eigenvalue weighted by atomic mass is 16.2. The molecule has 0 aliphatic carbocycles. The van der Waals surface area contributed by atoms with E-state index in [0.717, 1.165) is 31.5 Å². The number of carbonyl (C=O) groups is 1. The smallest absolute Gasteiger partial charge is 0.244 e. The van der Waals surface area contributed by atoms with E-state index >= 15 is 0 Å². The van der Waals surface area contributed by atoms with E-state index < -0.39 is 0 Å². The fourth-order valence-electron chi connectivity index (χ4n) is 2.43. The molecule has 19 heavy (non-hydrogen) atoms. The Hall–Kier alpha value is -1.62. The molecule has 0 radical (unpaired) electrons. The molecule has 1 aromatic heterocycles. The molecule has 1 aliphatic heterocycles. The standard InChI is InChI=1S/C14H22N4O/c1-4-5-6-11(2)16-13-7-8-18(14(13)19)12-9-15-17(3)10-12/h4,9-11,13,16H,1,5-8H2,2-3H3/t11-,13-/m0/s1. The van der Waals surface area contributed by atoms with Gasteiger partial charge in [0.2, 0.25) is 5.91 Å². The summed E-state index contributed by atoms with van der Waals surface area (Å²) in [5.74, 6) is 0.151. The molecule has 0 saturated carbocycles. The predicted octanol–water partition coefficient (Wildman–Crippen LogP) is 1.47. The summed E-state index contributed by atoms with van der Waals surface area (Å²) in [6.45, 7) is 6.60. The molecule has 0 aromatic carbocycles. The molecular formula is C14H22N4O. The predicted molar refractivity (Wildman–Crippen MR) is 76.0 cm³/mol. The van der Waals surface area contributed by atoms with Gasteiger partial charge in [0.1, 0.15) is 0 Å². The van der Waals surface area contributed by atoms with Crippen LogP contribution >= 0.6 is 0 Å². The lowest BCUT2D eigenvalue weighted by atomic mass is 10.1. The van der Waals surface area contributed by atoms with Crippen LogP contribution in [0.1, 0.15) is 26.2 Å². The summed E-state index contributed by atoms with van der Waals surface area (Å²) in [4.78, 5) is 14.1. The van der Waals surface area contributed by atoms with E-state index in [-0.39, 0.29) is 11.9 Å². The summed E-state index contributed by atoms with van der Waals surface area (Å²) in [6, 6.07) is 0.265. The second-order valence-corrected chi connectivity index (χ2v) is 5.14. The van der Waals surface area contributed by atoms with E-state index in [1.54, 1.807) is 10.9 Å². The van der Waals surface area contributed by atoms with Crippen molar-refractivity contribution in [3.63, 3.8) is 0 Å². The molecule has 2 heterocycles. The van der Waals surface area contributed by atoms with Crippen molar-refractivity contribution in [1.82, 2.24) is 15.1 Å². The number of hydrogen-bond acceptors (Lipinski definition) is 3. The van der Waals surface area contributed by atoms with Crippen molar-refractivity contribution in [3.05, 3.63) is 25.0 Å². The Morgan fingerprint density at radius 1 is 1.68 bits per heavy atom. The summed E-state index contributed by atoms with van der Waals surface area (Å²) in [7, 11) is 1.86. The van der Waals surface area contributed by atoms with E-state index in [1.165, 1.54) is 0 Å². The van der Waals surface area contributed by atoms with Gasteiger partial charge in [0.05, 0.1) is 17.9 Å². The second kappa shape index (κ2) is 6.02. The van der Waals surface area contributed by atoms with Crippen LogP contribution in [-0.4, -0.2) is 34.3 Å². The number of carbonyl (C=O) groups excluding carboxylic acids is 1. The van der Waals surface area contributed by atoms with Crippen molar-refractivity contribution < 1.29 is 4.79 Å². The van der Waals surface area contributed by atoms with Crippen molar-refractivity contribution in [3.8, 4) is 0 Å². The molecule has 2 rings (SSSR count). The molecule has 1 saturated heterocycles. The molecule has 1 aliphatic rings. The van der Waals surface area contributed by atoms with Crippen molar-refractivity contribution in [1.29, 1.82) is 0 Å². The number of rotatable bonds is 6. The Bertz CT molecular complexity index is 454. The molecule has 1 amide bonds. The molecule has 5 heteroatoms. The van der Waals surface area contributed by atoms with Crippen LogP contribution in [0, 0.1) is 0 Å². The molecule has 0 spiro atoms. The monoisotopic (exact) mass is 262 g/mol. The highest BCUT2D eigenvalue weighted by Crippen LogP contribution is 2.21. The highest BCUT2D eigenvalue weighted by molar-refractivity contribution is 5.99. The average Bonchev–Trinajstić information content (AvgIpc) is 2.95. The maximum absolute atomic E-state index is 12.3. The van der Waals surface area contributed by atoms with Gasteiger partial charge in [-0.1, -0.05) is 6.08 Å². The summed E-state index contributed by atoms with van der Waals surface area (Å²) < 4.78 is 1.72. The maximum Gasteiger partial charge on any atom is 0.244 e. The number of aromatic nitrogens is 2. The molecule has 0 bridgehead atoms. The summed E-state index contributed by atoms with van der Waals surface area (Å²) in [5, 5.41) is 7.52. The molecule has 2 atom stereocenters. The van der Waals surface area contributed by atoms with Crippen LogP contribution in [0.25, 0.3) is 0 Å². The van der Waals surface area contributed by atoms with E-state index in [0.29, 0.717) is 6.04 Å². The Balaban J connectivity index is 1.92. The van der Waals surface area contributed by atoms with Gasteiger partial charge in [0.15, 0.2) is 0 Å². The van der Waals surface area contributed by atoms with Crippen molar-refractivity contribution in [2.24, 2.45) is 7.05 Å². The normalized spacial score (nSPS) is 20.8. The third-order valence-electron chi connectivity index (χ3n) is 3.50. The van der Waals surface area contributed by atoms with E-state index in [2.05, 4.69) is 23.9 Å². The van der Waals surface area contributed by atoms with Crippen LogP contribution in [0.4, 0.5) is 5.69 Å². The second-order valence-electron chi connectivity index (χ2n) is 5.14. The van der Waals surface area contributed by atoms with Gasteiger partial charge in [-0.15, -0.1) is 6.58 Å². The van der Waals surface area contributed by atoms with Crippen LogP contribution < -0.4 is 10.2 Å². The molecular weight excluding hydrogens is 240 g/mol. The summed E-state index contributed by atoms with van der Waals surface area (Å²) in [5.41, 5.74) is 0.885. The minimum absolute atomic E-state index is 0.0694. The van der Waals surface area contributed by atoms with E-state index in [1.807, 2.05) is 24.2 Å². The maximum atomic E-state index is 12.3. The quantitative estimate of drug-likeness (QED) is 0.790. The molecule has 104 valence electrons. The van der Waals surface area contributed by atoms with E-state index in [4.69, 9.17) is 0 Å². The van der Waals surface area contributed by atoms with Gasteiger partial charge in [-0.3, -0.25) is 9.48 Å². The number of anilines is 1. The SMILES string of the molecule is C=CCC[C@H](C)N[C@H]1CCN(c2cnn(C)c2)C1=O. The Kier molecular flexibility index (Phi) is 4.37. The zero-order valence-corrected chi connectivity index (χ0v) is 11.7. The van der Waals surface area contributed by atoms with Crippen molar-refractivity contribution >= 4 is 11.6 Å². The van der Waals surface area contributed by atoms with Crippen molar-refractivity contribution in [2.45, 2.75) is 38.3 Å². The fraction of sp³-hybridized carbons (Fsp3) is 0.571. The summed E-state index contributed by atoms with van der Waals surface area (Å²) >= 11 is 0. The van der Waals surface area contributed by atoms with E-state index in [9.17, 15) is 4.79 Å². The molecule has 1 N–H and O–H groups in total. The Morgan fingerprint density at radius 3 is 3.11 bits per heavy atom. The first-order valence-electron chi connectivity index (χ1n) is 6.78. The first-order chi connectivity index (χ1) is 9.11. The first-order valence-corrected chi connectivity index (χ1v) is 6.78. The minimum atomic E-state index is -0.0694. The van der Waals surface area contributed by atoms with Gasteiger partial charge >= 0.3 is 0 Å². The lowest BCUT2D eigenvalue weighted by Crippen LogP contribution is -2.42. The Labute approximate surface area is 114 Å². The fourth-order valence-corrected chi connectivity index (χ4v) is 2.43. The minimum Gasteiger partial charge on any atom is -0.308 e. The average molecular weight is 262 g/mol. The van der Waals surface area contributed by atoms with Crippen molar-refractivity contribution in [2.75, 3.05) is 11.4 Å². The number of allylic oxidation sites excluding steroid dienone is 1. The third-order valence-corrected chi connectivity index (χ3v) is 3.50. The topological polar surface area (TPSA) is 50.2 Å². The van der Waals surface area contributed by atoms with Crippen LogP contribution in [0.3, 0.4) is 0 Å². The van der Waals surface area contributed by atoms with Crippen LogP contribution in [0.2, 0.25) is 0 Å². The van der Waals surface area contributed by atoms with Crippen LogP contribution in [0.5, 0.6) is 0 Å². The highest BCUT2D eigenvalue weighted by Gasteiger charge is 2.33. The number of nitrogens with zero attached hydrogens (tertiary/aromatic N) is 3. The number of nitrogens with one attached hydrogen (secondary N) is 1. The number of amides is 1. The largest absolute Gasteiger partial charge is 0.308 e. The molecule has 0 unspecified atom stereocenters. The van der Waals surface area contributed by atoms with Gasteiger partial charge in [0, 0.05) is 25.8 Å². The number of aryl methyl sites for hydroxylation is 1. The lowest BCUT2D eigenvalue weighted by molar-refractivity contribution is -0.119. The van der Waals surface area contributed by atoms with Gasteiger partial charge in [-0.05, 0) is 26.2 Å². The number of hydrogen-bond donors (Lipinski definition) is 1. The zero-order valence-electron chi connectivity index (χ0n) is 11.7. The van der Waals surface area contributed by atoms with Crippen LogP contribution in [0.15, 0.2) is 25.0 Å². The molecule has 1 fully saturated rings. The van der Waals surface area contributed by atoms with Crippen LogP contribution in [-0.2, 0) is 11.8 Å². The third kappa shape index (κ3) is 3.23. The molecule has 5 nitrogen and oxygen atoms in total. The zero-order chi connectivity index (χ0) is 13.8. The van der Waals surface area contributed by atoms with Gasteiger partial charge < -0.3 is 10.2 Å². The summed E-state index contributed by atoms with van der Waals surface area (Å²) in [6.07, 6.45) is 8.37. The Morgan fingerprint density at radius 2 is 2.47 bits per heavy atom. The molecule has 1 aromatic rings.